The maximum absolute atomic E-state index is 4.59. The molecular weight excluding hydrogens is 258 g/mol. The van der Waals surface area contributed by atoms with Crippen LogP contribution < -0.4 is 4.90 Å². The van der Waals surface area contributed by atoms with Gasteiger partial charge in [0.15, 0.2) is 0 Å². The lowest BCUT2D eigenvalue weighted by atomic mass is 10.0. The molecule has 0 N–H and O–H groups in total. The summed E-state index contributed by atoms with van der Waals surface area (Å²) in [4.78, 5) is 9.70. The van der Waals surface area contributed by atoms with E-state index in [0.29, 0.717) is 0 Å². The number of pyridine rings is 1. The predicted octanol–water partition coefficient (Wildman–Crippen LogP) is 3.55. The van der Waals surface area contributed by atoms with Crippen molar-refractivity contribution in [3.63, 3.8) is 0 Å². The number of fused-ring (bicyclic) bond motifs is 1. The number of nitrogens with zero attached hydrogens (tertiary/aromatic N) is 3. The molecule has 0 atom stereocenters. The number of hydrogen-bond donors (Lipinski definition) is 0. The highest BCUT2D eigenvalue weighted by Crippen LogP contribution is 2.28. The lowest BCUT2D eigenvalue weighted by molar-refractivity contribution is 0.186. The molecule has 2 heterocycles. The minimum absolute atomic E-state index is 0.749. The summed E-state index contributed by atoms with van der Waals surface area (Å²) in [5.74, 6) is 0. The van der Waals surface area contributed by atoms with Gasteiger partial charge in [0.2, 0.25) is 0 Å². The summed E-state index contributed by atoms with van der Waals surface area (Å²) in [6, 6.07) is 11.4. The zero-order valence-electron chi connectivity index (χ0n) is 13.1. The van der Waals surface area contributed by atoms with Crippen molar-refractivity contribution in [2.45, 2.75) is 32.7 Å². The second kappa shape index (κ2) is 6.44. The van der Waals surface area contributed by atoms with Gasteiger partial charge in [0.25, 0.3) is 0 Å². The summed E-state index contributed by atoms with van der Waals surface area (Å²) >= 11 is 0. The van der Waals surface area contributed by atoms with Crippen molar-refractivity contribution in [3.8, 4) is 0 Å². The third kappa shape index (κ3) is 2.88. The fraction of sp³-hybridized carbons (Fsp3) is 0.500. The lowest BCUT2D eigenvalue weighted by Crippen LogP contribution is -2.44. The summed E-state index contributed by atoms with van der Waals surface area (Å²) in [7, 11) is 0. The largest absolute Gasteiger partial charge is 0.370 e. The Morgan fingerprint density at radius 1 is 1.10 bits per heavy atom. The number of anilines is 1. The molecular formula is C18H25N3. The van der Waals surface area contributed by atoms with E-state index in [4.69, 9.17) is 0 Å². The van der Waals surface area contributed by atoms with Crippen LogP contribution in [0.15, 0.2) is 36.5 Å². The molecule has 1 aromatic carbocycles. The van der Waals surface area contributed by atoms with Gasteiger partial charge in [0, 0.05) is 30.7 Å². The smallest absolute Gasteiger partial charge is 0.0935 e. The Labute approximate surface area is 127 Å². The van der Waals surface area contributed by atoms with Gasteiger partial charge in [0.05, 0.1) is 11.2 Å². The second-order valence-electron chi connectivity index (χ2n) is 5.79. The van der Waals surface area contributed by atoms with E-state index in [-0.39, 0.29) is 0 Å². The lowest BCUT2D eigenvalue weighted by Gasteiger charge is -2.38. The van der Waals surface area contributed by atoms with Crippen molar-refractivity contribution < 1.29 is 0 Å². The average Bonchev–Trinajstić information content (AvgIpc) is 2.56. The summed E-state index contributed by atoms with van der Waals surface area (Å²) in [5, 5.41) is 1.24. The summed E-state index contributed by atoms with van der Waals surface area (Å²) in [6.07, 6.45) is 4.41. The van der Waals surface area contributed by atoms with Gasteiger partial charge in [-0.1, -0.05) is 32.0 Å². The zero-order chi connectivity index (χ0) is 14.7. The van der Waals surface area contributed by atoms with Crippen molar-refractivity contribution in [2.24, 2.45) is 0 Å². The molecule has 1 fully saturated rings. The van der Waals surface area contributed by atoms with Crippen LogP contribution in [0.25, 0.3) is 10.9 Å². The monoisotopic (exact) mass is 283 g/mol. The quantitative estimate of drug-likeness (QED) is 0.855. The molecule has 1 aliphatic rings. The SMILES string of the molecule is CCN(CC)C1CCN(c2cccc3cccnc23)CC1. The molecule has 0 spiro atoms. The van der Waals surface area contributed by atoms with Crippen LogP contribution in [0.4, 0.5) is 5.69 Å². The first kappa shape index (κ1) is 14.3. The van der Waals surface area contributed by atoms with E-state index in [1.165, 1.54) is 23.9 Å². The number of piperidine rings is 1. The molecule has 0 saturated carbocycles. The molecule has 1 aromatic heterocycles. The van der Waals surface area contributed by atoms with E-state index < -0.39 is 0 Å². The van der Waals surface area contributed by atoms with Crippen molar-refractivity contribution in [2.75, 3.05) is 31.1 Å². The first-order valence-electron chi connectivity index (χ1n) is 8.16. The first-order valence-corrected chi connectivity index (χ1v) is 8.16. The second-order valence-corrected chi connectivity index (χ2v) is 5.79. The molecule has 2 aromatic rings. The number of aromatic nitrogens is 1. The van der Waals surface area contributed by atoms with Crippen molar-refractivity contribution in [3.05, 3.63) is 36.5 Å². The third-order valence-electron chi connectivity index (χ3n) is 4.75. The van der Waals surface area contributed by atoms with Crippen molar-refractivity contribution >= 4 is 16.6 Å². The molecule has 1 saturated heterocycles. The van der Waals surface area contributed by atoms with Crippen LogP contribution in [0, 0.1) is 0 Å². The van der Waals surface area contributed by atoms with Gasteiger partial charge in [0.1, 0.15) is 0 Å². The molecule has 112 valence electrons. The average molecular weight is 283 g/mol. The molecule has 1 aliphatic heterocycles. The number of para-hydroxylation sites is 1. The number of rotatable bonds is 4. The molecule has 3 nitrogen and oxygen atoms in total. The Morgan fingerprint density at radius 2 is 1.81 bits per heavy atom. The Morgan fingerprint density at radius 3 is 2.52 bits per heavy atom. The Balaban J connectivity index is 1.77. The Hall–Kier alpha value is -1.61. The van der Waals surface area contributed by atoms with Crippen LogP contribution in [-0.4, -0.2) is 42.1 Å². The highest BCUT2D eigenvalue weighted by Gasteiger charge is 2.23. The third-order valence-corrected chi connectivity index (χ3v) is 4.75. The maximum atomic E-state index is 4.59. The number of hydrogen-bond acceptors (Lipinski definition) is 3. The van der Waals surface area contributed by atoms with Gasteiger partial charge in [-0.15, -0.1) is 0 Å². The van der Waals surface area contributed by atoms with Gasteiger partial charge in [-0.2, -0.15) is 0 Å². The van der Waals surface area contributed by atoms with Crippen LogP contribution in [0.1, 0.15) is 26.7 Å². The van der Waals surface area contributed by atoms with E-state index in [2.05, 4.69) is 52.9 Å². The summed E-state index contributed by atoms with van der Waals surface area (Å²) in [5.41, 5.74) is 2.44. The summed E-state index contributed by atoms with van der Waals surface area (Å²) < 4.78 is 0. The maximum Gasteiger partial charge on any atom is 0.0935 e. The van der Waals surface area contributed by atoms with Crippen LogP contribution in [0.5, 0.6) is 0 Å². The van der Waals surface area contributed by atoms with Gasteiger partial charge < -0.3 is 9.80 Å². The molecule has 0 amide bonds. The Bertz CT molecular complexity index is 579. The van der Waals surface area contributed by atoms with Crippen LogP contribution in [-0.2, 0) is 0 Å². The van der Waals surface area contributed by atoms with Gasteiger partial charge in [-0.25, -0.2) is 0 Å². The van der Waals surface area contributed by atoms with Crippen molar-refractivity contribution in [1.82, 2.24) is 9.88 Å². The summed E-state index contributed by atoms with van der Waals surface area (Å²) in [6.45, 7) is 9.14. The van der Waals surface area contributed by atoms with E-state index in [0.717, 1.165) is 37.7 Å². The fourth-order valence-electron chi connectivity index (χ4n) is 3.56. The highest BCUT2D eigenvalue weighted by atomic mass is 15.2. The van der Waals surface area contributed by atoms with Gasteiger partial charge >= 0.3 is 0 Å². The molecule has 3 heteroatoms. The molecule has 21 heavy (non-hydrogen) atoms. The zero-order valence-corrected chi connectivity index (χ0v) is 13.1. The predicted molar refractivity (Wildman–Crippen MR) is 89.9 cm³/mol. The first-order chi connectivity index (χ1) is 10.3. The van der Waals surface area contributed by atoms with E-state index in [1.54, 1.807) is 0 Å². The van der Waals surface area contributed by atoms with Gasteiger partial charge in [-0.05, 0) is 38.1 Å². The molecule has 0 aliphatic carbocycles. The Kier molecular flexibility index (Phi) is 4.39. The normalized spacial score (nSPS) is 16.8. The minimum atomic E-state index is 0.749. The van der Waals surface area contributed by atoms with E-state index in [9.17, 15) is 0 Å². The van der Waals surface area contributed by atoms with E-state index >= 15 is 0 Å². The van der Waals surface area contributed by atoms with Crippen LogP contribution >= 0.6 is 0 Å². The number of benzene rings is 1. The highest BCUT2D eigenvalue weighted by molar-refractivity contribution is 5.90. The molecule has 0 radical (unpaired) electrons. The van der Waals surface area contributed by atoms with E-state index in [1.807, 2.05) is 12.3 Å². The topological polar surface area (TPSA) is 19.4 Å². The molecule has 3 rings (SSSR count). The van der Waals surface area contributed by atoms with Crippen LogP contribution in [0.2, 0.25) is 0 Å². The van der Waals surface area contributed by atoms with Crippen molar-refractivity contribution in [1.29, 1.82) is 0 Å². The molecule has 0 bridgehead atoms. The van der Waals surface area contributed by atoms with Gasteiger partial charge in [-0.3, -0.25) is 4.98 Å². The standard InChI is InChI=1S/C18H25N3/c1-3-20(4-2)16-10-13-21(14-11-16)17-9-5-7-15-8-6-12-19-18(15)17/h5-9,12,16H,3-4,10-11,13-14H2,1-2H3. The fourth-order valence-corrected chi connectivity index (χ4v) is 3.56. The minimum Gasteiger partial charge on any atom is -0.370 e. The molecule has 0 unspecified atom stereocenters. The van der Waals surface area contributed by atoms with Crippen LogP contribution in [0.3, 0.4) is 0 Å².